The first-order valence-corrected chi connectivity index (χ1v) is 11.9. The van der Waals surface area contributed by atoms with Gasteiger partial charge >= 0.3 is 0 Å². The number of thioether (sulfide) groups is 1. The lowest BCUT2D eigenvalue weighted by Gasteiger charge is -2.30. The molecule has 1 amide bonds. The molecule has 0 saturated heterocycles. The van der Waals surface area contributed by atoms with Crippen LogP contribution in [0.1, 0.15) is 38.5 Å². The third-order valence-electron chi connectivity index (χ3n) is 5.09. The number of anilines is 1. The van der Waals surface area contributed by atoms with Gasteiger partial charge in [-0.25, -0.2) is 0 Å². The summed E-state index contributed by atoms with van der Waals surface area (Å²) in [4.78, 5) is 19.2. The lowest BCUT2D eigenvalue weighted by atomic mass is 10.1. The first-order chi connectivity index (χ1) is 16.1. The minimum Gasteiger partial charge on any atom is -0.490 e. The molecular formula is C25H26N4O3S. The molecule has 1 aliphatic rings. The van der Waals surface area contributed by atoms with E-state index in [9.17, 15) is 4.79 Å². The summed E-state index contributed by atoms with van der Waals surface area (Å²) in [5, 5.41) is 9.31. The Morgan fingerprint density at radius 1 is 1.24 bits per heavy atom. The molecule has 2 heterocycles. The van der Waals surface area contributed by atoms with Gasteiger partial charge in [0.25, 0.3) is 0 Å². The molecule has 1 atom stereocenters. The van der Waals surface area contributed by atoms with E-state index < -0.39 is 6.23 Å². The van der Waals surface area contributed by atoms with Crippen LogP contribution in [0.2, 0.25) is 0 Å². The maximum atomic E-state index is 12.9. The second kappa shape index (κ2) is 10.5. The molecule has 4 rings (SSSR count). The monoisotopic (exact) mass is 462 g/mol. The molecule has 3 aromatic rings. The second-order valence-corrected chi connectivity index (χ2v) is 8.56. The van der Waals surface area contributed by atoms with Crippen molar-refractivity contribution in [1.29, 1.82) is 0 Å². The highest BCUT2D eigenvalue weighted by Crippen LogP contribution is 2.43. The summed E-state index contributed by atoms with van der Waals surface area (Å²) in [5.74, 6) is 1.75. The Hall–Kier alpha value is -3.39. The Kier molecular flexibility index (Phi) is 7.24. The molecule has 0 radical (unpaired) electrons. The average molecular weight is 463 g/mol. The van der Waals surface area contributed by atoms with E-state index in [1.165, 1.54) is 6.92 Å². The Labute approximate surface area is 197 Å². The summed E-state index contributed by atoms with van der Waals surface area (Å²) in [5.41, 5.74) is 2.70. The molecule has 0 unspecified atom stereocenters. The number of benzene rings is 2. The van der Waals surface area contributed by atoms with Crippen LogP contribution in [0.25, 0.3) is 11.3 Å². The lowest BCUT2D eigenvalue weighted by molar-refractivity contribution is -0.118. The molecule has 0 spiro atoms. The molecule has 0 bridgehead atoms. The quantitative estimate of drug-likeness (QED) is 0.251. The molecule has 0 fully saturated rings. The SMILES string of the molecule is C=CCOc1cccc([C@H]2Oc3nc(SCCCC)nnc3-c3ccccc3N2C(C)=O)c1. The highest BCUT2D eigenvalue weighted by atomic mass is 32.2. The number of hydrogen-bond donors (Lipinski definition) is 0. The number of unbranched alkanes of at least 4 members (excludes halogenated alkanes) is 1. The molecule has 2 aromatic carbocycles. The number of carbonyl (C=O) groups is 1. The van der Waals surface area contributed by atoms with Gasteiger partial charge in [0.2, 0.25) is 23.2 Å². The van der Waals surface area contributed by atoms with Crippen LogP contribution >= 0.6 is 11.8 Å². The zero-order valence-corrected chi connectivity index (χ0v) is 19.5. The highest BCUT2D eigenvalue weighted by molar-refractivity contribution is 7.99. The number of aromatic nitrogens is 3. The number of amides is 1. The van der Waals surface area contributed by atoms with Gasteiger partial charge in [0, 0.05) is 23.8 Å². The van der Waals surface area contributed by atoms with Crippen molar-refractivity contribution in [3.63, 3.8) is 0 Å². The van der Waals surface area contributed by atoms with Crippen LogP contribution in [0.4, 0.5) is 5.69 Å². The number of rotatable bonds is 8. The van der Waals surface area contributed by atoms with Crippen molar-refractivity contribution in [1.82, 2.24) is 15.2 Å². The van der Waals surface area contributed by atoms with Crippen LogP contribution in [-0.4, -0.2) is 33.4 Å². The predicted octanol–water partition coefficient (Wildman–Crippen LogP) is 5.44. The Morgan fingerprint density at radius 2 is 2.09 bits per heavy atom. The molecule has 0 aliphatic carbocycles. The lowest BCUT2D eigenvalue weighted by Crippen LogP contribution is -2.36. The van der Waals surface area contributed by atoms with Crippen molar-refractivity contribution >= 4 is 23.4 Å². The van der Waals surface area contributed by atoms with Gasteiger partial charge in [-0.2, -0.15) is 4.98 Å². The van der Waals surface area contributed by atoms with Crippen LogP contribution in [0.5, 0.6) is 11.6 Å². The topological polar surface area (TPSA) is 77.4 Å². The van der Waals surface area contributed by atoms with Crippen LogP contribution in [0.15, 0.2) is 66.3 Å². The van der Waals surface area contributed by atoms with E-state index in [0.29, 0.717) is 34.8 Å². The number of nitrogens with zero attached hydrogens (tertiary/aromatic N) is 4. The van der Waals surface area contributed by atoms with Crippen LogP contribution < -0.4 is 14.4 Å². The van der Waals surface area contributed by atoms with Crippen molar-refractivity contribution in [2.24, 2.45) is 0 Å². The molecule has 8 heteroatoms. The first-order valence-electron chi connectivity index (χ1n) is 10.9. The molecule has 170 valence electrons. The normalized spacial score (nSPS) is 14.5. The molecule has 0 N–H and O–H groups in total. The van der Waals surface area contributed by atoms with Crippen LogP contribution in [0.3, 0.4) is 0 Å². The van der Waals surface area contributed by atoms with E-state index in [0.717, 1.165) is 29.7 Å². The summed E-state index contributed by atoms with van der Waals surface area (Å²) in [6, 6.07) is 15.1. The molecular weight excluding hydrogens is 436 g/mol. The fraction of sp³-hybridized carbons (Fsp3) is 0.280. The van der Waals surface area contributed by atoms with Crippen molar-refractivity contribution in [3.05, 3.63) is 66.7 Å². The molecule has 1 aromatic heterocycles. The van der Waals surface area contributed by atoms with Gasteiger partial charge in [-0.1, -0.05) is 68.1 Å². The summed E-state index contributed by atoms with van der Waals surface area (Å²) in [7, 11) is 0. The van der Waals surface area contributed by atoms with Gasteiger partial charge < -0.3 is 9.47 Å². The largest absolute Gasteiger partial charge is 0.490 e. The fourth-order valence-corrected chi connectivity index (χ4v) is 4.41. The van der Waals surface area contributed by atoms with Crippen molar-refractivity contribution in [3.8, 4) is 22.9 Å². The zero-order chi connectivity index (χ0) is 23.2. The third-order valence-corrected chi connectivity index (χ3v) is 6.02. The smallest absolute Gasteiger partial charge is 0.247 e. The third kappa shape index (κ3) is 5.01. The first kappa shape index (κ1) is 22.8. The fourth-order valence-electron chi connectivity index (χ4n) is 3.55. The van der Waals surface area contributed by atoms with E-state index in [4.69, 9.17) is 9.47 Å². The summed E-state index contributed by atoms with van der Waals surface area (Å²) < 4.78 is 12.1. The second-order valence-electron chi connectivity index (χ2n) is 7.50. The van der Waals surface area contributed by atoms with Gasteiger partial charge in [-0.05, 0) is 24.6 Å². The van der Waals surface area contributed by atoms with Crippen LogP contribution in [-0.2, 0) is 4.79 Å². The Morgan fingerprint density at radius 3 is 2.88 bits per heavy atom. The van der Waals surface area contributed by atoms with E-state index in [1.54, 1.807) is 22.7 Å². The standard InChI is InChI=1S/C25H26N4O3S/c1-4-6-15-33-25-26-23-22(27-28-25)20-12-7-8-13-21(20)29(17(3)30)24(32-23)18-10-9-11-19(16-18)31-14-5-2/h5,7-13,16,24H,2,4,6,14-15H2,1,3H3/t24-/m1/s1. The van der Waals surface area contributed by atoms with Gasteiger partial charge in [0.15, 0.2) is 5.69 Å². The van der Waals surface area contributed by atoms with E-state index >= 15 is 0 Å². The number of para-hydroxylation sites is 1. The summed E-state index contributed by atoms with van der Waals surface area (Å²) in [6.45, 7) is 7.74. The number of fused-ring (bicyclic) bond motifs is 3. The summed E-state index contributed by atoms with van der Waals surface area (Å²) >= 11 is 1.55. The molecule has 0 saturated carbocycles. The van der Waals surface area contributed by atoms with Gasteiger partial charge in [-0.3, -0.25) is 9.69 Å². The highest BCUT2D eigenvalue weighted by Gasteiger charge is 2.34. The van der Waals surface area contributed by atoms with Crippen molar-refractivity contribution in [2.45, 2.75) is 38.1 Å². The Bertz CT molecular complexity index is 1150. The maximum Gasteiger partial charge on any atom is 0.247 e. The summed E-state index contributed by atoms with van der Waals surface area (Å²) in [6.07, 6.45) is 3.09. The average Bonchev–Trinajstić information content (AvgIpc) is 2.97. The van der Waals surface area contributed by atoms with Crippen LogP contribution in [0, 0.1) is 0 Å². The Balaban J connectivity index is 1.82. The zero-order valence-electron chi connectivity index (χ0n) is 18.7. The number of ether oxygens (including phenoxy) is 2. The molecule has 33 heavy (non-hydrogen) atoms. The molecule has 7 nitrogen and oxygen atoms in total. The van der Waals surface area contributed by atoms with Crippen molar-refractivity contribution in [2.75, 3.05) is 17.3 Å². The predicted molar refractivity (Wildman–Crippen MR) is 130 cm³/mol. The van der Waals surface area contributed by atoms with E-state index in [1.807, 2.05) is 48.5 Å². The van der Waals surface area contributed by atoms with E-state index in [2.05, 4.69) is 28.7 Å². The number of hydrogen-bond acceptors (Lipinski definition) is 7. The number of carbonyl (C=O) groups excluding carboxylic acids is 1. The van der Waals surface area contributed by atoms with E-state index in [-0.39, 0.29) is 5.91 Å². The van der Waals surface area contributed by atoms with Gasteiger partial charge in [0.05, 0.1) is 5.69 Å². The molecule has 1 aliphatic heterocycles. The minimum atomic E-state index is -0.748. The minimum absolute atomic E-state index is 0.164. The maximum absolute atomic E-state index is 12.9. The van der Waals surface area contributed by atoms with Crippen molar-refractivity contribution < 1.29 is 14.3 Å². The van der Waals surface area contributed by atoms with Gasteiger partial charge in [-0.15, -0.1) is 10.2 Å². The van der Waals surface area contributed by atoms with Gasteiger partial charge in [0.1, 0.15) is 12.4 Å².